The maximum absolute atomic E-state index is 12.6. The molecule has 1 aliphatic heterocycles. The van der Waals surface area contributed by atoms with Crippen LogP contribution in [0.3, 0.4) is 0 Å². The SMILES string of the molecule is C=CCOC1C[C@@H](C(=O)NCC(F)(F)F)N(c2ccnc(-c3c[nH]c4ncc(Cl)cc34)n2)C1. The number of nitrogens with one attached hydrogen (secondary N) is 2. The standard InChI is InChI=1S/C21H20ClF3N6O2/c1-2-5-33-13-7-16(20(32)29-11-21(23,24)25)31(10-13)17-3-4-26-19(30-17)15-9-28-18-14(15)6-12(22)8-27-18/h2-4,6,8-9,13,16H,1,5,7,10-11H2,(H,27,28)(H,29,32)/t13?,16-/m0/s1. The molecule has 1 fully saturated rings. The third kappa shape index (κ3) is 5.25. The second-order valence-corrected chi connectivity index (χ2v) is 7.91. The number of nitrogens with zero attached hydrogens (tertiary/aromatic N) is 4. The highest BCUT2D eigenvalue weighted by Crippen LogP contribution is 2.31. The lowest BCUT2D eigenvalue weighted by Gasteiger charge is -2.25. The summed E-state index contributed by atoms with van der Waals surface area (Å²) < 4.78 is 43.6. The Labute approximate surface area is 191 Å². The predicted octanol–water partition coefficient (Wildman–Crippen LogP) is 3.50. The molecule has 2 N–H and O–H groups in total. The van der Waals surface area contributed by atoms with Crippen LogP contribution in [0.2, 0.25) is 5.02 Å². The van der Waals surface area contributed by atoms with Crippen molar-refractivity contribution in [1.29, 1.82) is 0 Å². The molecule has 0 bridgehead atoms. The summed E-state index contributed by atoms with van der Waals surface area (Å²) in [6, 6.07) is 2.45. The molecule has 3 aromatic heterocycles. The van der Waals surface area contributed by atoms with E-state index in [1.54, 1.807) is 29.3 Å². The van der Waals surface area contributed by atoms with Gasteiger partial charge in [0.2, 0.25) is 5.91 Å². The van der Waals surface area contributed by atoms with E-state index in [0.29, 0.717) is 33.3 Å². The summed E-state index contributed by atoms with van der Waals surface area (Å²) in [5.41, 5.74) is 1.26. The van der Waals surface area contributed by atoms with Crippen LogP contribution in [0.25, 0.3) is 22.4 Å². The lowest BCUT2D eigenvalue weighted by atomic mass is 10.2. The molecule has 12 heteroatoms. The van der Waals surface area contributed by atoms with Crippen LogP contribution in [-0.2, 0) is 9.53 Å². The monoisotopic (exact) mass is 480 g/mol. The van der Waals surface area contributed by atoms with Gasteiger partial charge in [-0.25, -0.2) is 15.0 Å². The van der Waals surface area contributed by atoms with Crippen molar-refractivity contribution < 1.29 is 22.7 Å². The van der Waals surface area contributed by atoms with E-state index < -0.39 is 24.7 Å². The first-order valence-electron chi connectivity index (χ1n) is 10.0. The van der Waals surface area contributed by atoms with Gasteiger partial charge in [-0.2, -0.15) is 13.2 Å². The van der Waals surface area contributed by atoms with Gasteiger partial charge in [0, 0.05) is 42.5 Å². The molecule has 0 radical (unpaired) electrons. The molecule has 0 saturated carbocycles. The van der Waals surface area contributed by atoms with Gasteiger partial charge in [0.1, 0.15) is 24.1 Å². The lowest BCUT2D eigenvalue weighted by molar-refractivity contribution is -0.139. The molecule has 0 aromatic carbocycles. The molecule has 2 atom stereocenters. The summed E-state index contributed by atoms with van der Waals surface area (Å²) >= 11 is 6.07. The van der Waals surface area contributed by atoms with Crippen LogP contribution >= 0.6 is 11.6 Å². The first-order valence-corrected chi connectivity index (χ1v) is 10.4. The largest absolute Gasteiger partial charge is 0.405 e. The van der Waals surface area contributed by atoms with Crippen LogP contribution in [0.15, 0.2) is 43.4 Å². The summed E-state index contributed by atoms with van der Waals surface area (Å²) in [6.45, 7) is 2.72. The molecule has 174 valence electrons. The Morgan fingerprint density at radius 1 is 1.42 bits per heavy atom. The Balaban J connectivity index is 1.63. The highest BCUT2D eigenvalue weighted by molar-refractivity contribution is 6.31. The van der Waals surface area contributed by atoms with Crippen LogP contribution in [-0.4, -0.2) is 63.9 Å². The van der Waals surface area contributed by atoms with Crippen molar-refractivity contribution in [2.24, 2.45) is 0 Å². The zero-order valence-electron chi connectivity index (χ0n) is 17.3. The number of halogens is 4. The number of fused-ring (bicyclic) bond motifs is 1. The Kier molecular flexibility index (Phi) is 6.52. The molecule has 4 heterocycles. The van der Waals surface area contributed by atoms with Crippen molar-refractivity contribution in [3.8, 4) is 11.4 Å². The van der Waals surface area contributed by atoms with Crippen molar-refractivity contribution in [2.75, 3.05) is 24.6 Å². The fourth-order valence-electron chi connectivity index (χ4n) is 3.73. The van der Waals surface area contributed by atoms with Crippen LogP contribution in [0, 0.1) is 0 Å². The molecule has 3 aromatic rings. The number of carbonyl (C=O) groups is 1. The average molecular weight is 481 g/mol. The molecule has 33 heavy (non-hydrogen) atoms. The highest BCUT2D eigenvalue weighted by Gasteiger charge is 2.39. The molecule has 4 rings (SSSR count). The minimum absolute atomic E-state index is 0.212. The fourth-order valence-corrected chi connectivity index (χ4v) is 3.89. The van der Waals surface area contributed by atoms with Gasteiger partial charge in [-0.15, -0.1) is 6.58 Å². The fraction of sp³-hybridized carbons (Fsp3) is 0.333. The van der Waals surface area contributed by atoms with Crippen molar-refractivity contribution in [2.45, 2.75) is 24.7 Å². The number of amides is 1. The molecule has 8 nitrogen and oxygen atoms in total. The van der Waals surface area contributed by atoms with E-state index in [1.807, 2.05) is 5.32 Å². The molecule has 1 unspecified atom stereocenters. The second kappa shape index (κ2) is 9.36. The second-order valence-electron chi connectivity index (χ2n) is 7.47. The zero-order valence-corrected chi connectivity index (χ0v) is 18.0. The summed E-state index contributed by atoms with van der Waals surface area (Å²) in [6.07, 6.45) is 1.63. The van der Waals surface area contributed by atoms with Crippen LogP contribution in [0.1, 0.15) is 6.42 Å². The third-order valence-electron chi connectivity index (χ3n) is 5.15. The predicted molar refractivity (Wildman–Crippen MR) is 117 cm³/mol. The summed E-state index contributed by atoms with van der Waals surface area (Å²) in [5.74, 6) is -0.00538. The molecule has 1 saturated heterocycles. The van der Waals surface area contributed by atoms with Crippen molar-refractivity contribution in [3.63, 3.8) is 0 Å². The van der Waals surface area contributed by atoms with Crippen molar-refractivity contribution >= 4 is 34.4 Å². The number of H-pyrrole nitrogens is 1. The number of aromatic amines is 1. The molecule has 1 amide bonds. The van der Waals surface area contributed by atoms with Gasteiger partial charge in [0.25, 0.3) is 0 Å². The van der Waals surface area contributed by atoms with E-state index in [1.165, 1.54) is 12.4 Å². The molecule has 0 aliphatic carbocycles. The normalized spacial score (nSPS) is 18.6. The average Bonchev–Trinajstić information content (AvgIpc) is 3.40. The zero-order chi connectivity index (χ0) is 23.6. The Morgan fingerprint density at radius 3 is 3.00 bits per heavy atom. The summed E-state index contributed by atoms with van der Waals surface area (Å²) in [5, 5.41) is 3.12. The third-order valence-corrected chi connectivity index (χ3v) is 5.36. The van der Waals surface area contributed by atoms with Crippen molar-refractivity contribution in [3.05, 3.63) is 48.4 Å². The van der Waals surface area contributed by atoms with E-state index in [9.17, 15) is 18.0 Å². The topological polar surface area (TPSA) is 96.0 Å². The Bertz CT molecular complexity index is 1170. The first kappa shape index (κ1) is 23.0. The van der Waals surface area contributed by atoms with Crippen molar-refractivity contribution in [1.82, 2.24) is 25.3 Å². The molecular weight excluding hydrogens is 461 g/mol. The van der Waals surface area contributed by atoms with E-state index in [2.05, 4.69) is 26.5 Å². The quantitative estimate of drug-likeness (QED) is 0.502. The van der Waals surface area contributed by atoms with Crippen LogP contribution in [0.4, 0.5) is 19.0 Å². The Hall–Kier alpha value is -3.18. The summed E-state index contributed by atoms with van der Waals surface area (Å²) in [4.78, 5) is 30.4. The molecule has 1 aliphatic rings. The molecular formula is C21H20ClF3N6O2. The van der Waals surface area contributed by atoms with Gasteiger partial charge >= 0.3 is 6.18 Å². The highest BCUT2D eigenvalue weighted by atomic mass is 35.5. The van der Waals surface area contributed by atoms with Gasteiger partial charge in [-0.3, -0.25) is 4.79 Å². The number of hydrogen-bond donors (Lipinski definition) is 2. The summed E-state index contributed by atoms with van der Waals surface area (Å²) in [7, 11) is 0. The lowest BCUT2D eigenvalue weighted by Crippen LogP contribution is -2.46. The van der Waals surface area contributed by atoms with E-state index in [0.717, 1.165) is 0 Å². The van der Waals surface area contributed by atoms with Gasteiger partial charge in [-0.1, -0.05) is 17.7 Å². The number of alkyl halides is 3. The number of carbonyl (C=O) groups excluding carboxylic acids is 1. The van der Waals surface area contributed by atoms with Crippen LogP contribution in [0.5, 0.6) is 0 Å². The van der Waals surface area contributed by atoms with E-state index in [4.69, 9.17) is 16.3 Å². The van der Waals surface area contributed by atoms with E-state index in [-0.39, 0.29) is 25.7 Å². The number of hydrogen-bond acceptors (Lipinski definition) is 6. The van der Waals surface area contributed by atoms with E-state index >= 15 is 0 Å². The first-order chi connectivity index (χ1) is 15.7. The maximum atomic E-state index is 12.6. The number of aromatic nitrogens is 4. The van der Waals surface area contributed by atoms with Gasteiger partial charge in [0.05, 0.1) is 17.7 Å². The van der Waals surface area contributed by atoms with Gasteiger partial charge in [0.15, 0.2) is 5.82 Å². The minimum atomic E-state index is -4.51. The smallest absolute Gasteiger partial charge is 0.372 e. The number of ether oxygens (including phenoxy) is 1. The van der Waals surface area contributed by atoms with Gasteiger partial charge in [-0.05, 0) is 12.1 Å². The number of pyridine rings is 1. The van der Waals surface area contributed by atoms with Gasteiger partial charge < -0.3 is 19.9 Å². The van der Waals surface area contributed by atoms with Crippen LogP contribution < -0.4 is 10.2 Å². The number of anilines is 1. The Morgan fingerprint density at radius 2 is 2.24 bits per heavy atom. The number of rotatable bonds is 7. The molecule has 0 spiro atoms. The maximum Gasteiger partial charge on any atom is 0.405 e. The minimum Gasteiger partial charge on any atom is -0.372 e.